The number of hydrogen-bond donors (Lipinski definition) is 0. The molecular weight excluding hydrogens is 420 g/mol. The Bertz CT molecular complexity index is 1040. The highest BCUT2D eigenvalue weighted by atomic mass is 16.2. The highest BCUT2D eigenvalue weighted by Crippen LogP contribution is 2.49. The van der Waals surface area contributed by atoms with E-state index in [0.717, 1.165) is 44.3 Å². The summed E-state index contributed by atoms with van der Waals surface area (Å²) in [6.07, 6.45) is 7.98. The fourth-order valence-electron chi connectivity index (χ4n) is 6.42. The van der Waals surface area contributed by atoms with Gasteiger partial charge in [-0.1, -0.05) is 48.9 Å². The summed E-state index contributed by atoms with van der Waals surface area (Å²) in [5.41, 5.74) is 3.09. The van der Waals surface area contributed by atoms with Crippen molar-refractivity contribution in [2.45, 2.75) is 62.6 Å². The highest BCUT2D eigenvalue weighted by molar-refractivity contribution is 5.78. The molecule has 1 spiro atoms. The highest BCUT2D eigenvalue weighted by Gasteiger charge is 2.54. The van der Waals surface area contributed by atoms with Gasteiger partial charge in [0.05, 0.1) is 17.2 Å². The summed E-state index contributed by atoms with van der Waals surface area (Å²) in [6.45, 7) is 2.32. The lowest BCUT2D eigenvalue weighted by molar-refractivity contribution is 0.0159. The van der Waals surface area contributed by atoms with Gasteiger partial charge in [0.1, 0.15) is 0 Å². The van der Waals surface area contributed by atoms with E-state index >= 15 is 0 Å². The molecule has 0 radical (unpaired) electrons. The molecule has 2 amide bonds. The first-order valence-electron chi connectivity index (χ1n) is 12.7. The summed E-state index contributed by atoms with van der Waals surface area (Å²) in [7, 11) is 4.41. The molecule has 2 aromatic rings. The molecule has 1 aliphatic heterocycles. The summed E-state index contributed by atoms with van der Waals surface area (Å²) in [5, 5.41) is 9.11. The van der Waals surface area contributed by atoms with E-state index in [9.17, 15) is 4.79 Å². The minimum absolute atomic E-state index is 0.0260. The van der Waals surface area contributed by atoms with Gasteiger partial charge in [0, 0.05) is 25.2 Å². The van der Waals surface area contributed by atoms with Crippen LogP contribution < -0.4 is 0 Å². The van der Waals surface area contributed by atoms with Gasteiger partial charge in [-0.3, -0.25) is 4.90 Å². The molecule has 3 aliphatic rings. The van der Waals surface area contributed by atoms with E-state index < -0.39 is 0 Å². The van der Waals surface area contributed by atoms with Crippen molar-refractivity contribution in [1.29, 1.82) is 5.26 Å². The molecule has 1 heterocycles. The van der Waals surface area contributed by atoms with Crippen molar-refractivity contribution >= 4 is 6.03 Å². The predicted octanol–water partition coefficient (Wildman–Crippen LogP) is 5.37. The molecule has 0 N–H and O–H groups in total. The second kappa shape index (κ2) is 9.07. The molecule has 5 heteroatoms. The number of urea groups is 1. The molecule has 2 aromatic carbocycles. The largest absolute Gasteiger partial charge is 0.320 e. The van der Waals surface area contributed by atoms with Crippen LogP contribution in [0.25, 0.3) is 0 Å². The quantitative estimate of drug-likeness (QED) is 0.587. The summed E-state index contributed by atoms with van der Waals surface area (Å²) >= 11 is 0. The minimum atomic E-state index is -0.0758. The molecule has 1 saturated heterocycles. The molecule has 2 saturated carbocycles. The smallest absolute Gasteiger partial charge is 0.318 e. The normalized spacial score (nSPS) is 27.3. The van der Waals surface area contributed by atoms with Crippen LogP contribution in [0.4, 0.5) is 4.79 Å². The van der Waals surface area contributed by atoms with Gasteiger partial charge >= 0.3 is 6.03 Å². The molecule has 0 bridgehead atoms. The number of benzene rings is 2. The molecule has 0 aromatic heterocycles. The number of carbonyl (C=O) groups is 1. The second-order valence-corrected chi connectivity index (χ2v) is 10.9. The van der Waals surface area contributed by atoms with Crippen molar-refractivity contribution in [3.8, 4) is 6.07 Å². The lowest BCUT2D eigenvalue weighted by Crippen LogP contribution is -2.56. The van der Waals surface area contributed by atoms with Crippen molar-refractivity contribution in [1.82, 2.24) is 14.7 Å². The van der Waals surface area contributed by atoms with E-state index in [1.54, 1.807) is 0 Å². The van der Waals surface area contributed by atoms with E-state index in [2.05, 4.69) is 65.2 Å². The Kier molecular flexibility index (Phi) is 6.12. The van der Waals surface area contributed by atoms with E-state index in [0.29, 0.717) is 18.0 Å². The third kappa shape index (κ3) is 3.99. The zero-order chi connectivity index (χ0) is 23.8. The van der Waals surface area contributed by atoms with Crippen molar-refractivity contribution < 1.29 is 4.79 Å². The van der Waals surface area contributed by atoms with Crippen LogP contribution >= 0.6 is 0 Å². The van der Waals surface area contributed by atoms with Gasteiger partial charge in [-0.15, -0.1) is 0 Å². The second-order valence-electron chi connectivity index (χ2n) is 10.9. The summed E-state index contributed by atoms with van der Waals surface area (Å²) in [5.74, 6) is 0.658. The van der Waals surface area contributed by atoms with Crippen LogP contribution in [0.2, 0.25) is 0 Å². The van der Waals surface area contributed by atoms with Crippen LogP contribution in [-0.2, 0) is 12.1 Å². The minimum Gasteiger partial charge on any atom is -0.318 e. The summed E-state index contributed by atoms with van der Waals surface area (Å²) in [4.78, 5) is 20.5. The van der Waals surface area contributed by atoms with Crippen LogP contribution in [0, 0.1) is 17.2 Å². The lowest BCUT2D eigenvalue weighted by Gasteiger charge is -2.51. The van der Waals surface area contributed by atoms with Crippen LogP contribution in [-0.4, -0.2) is 53.5 Å². The zero-order valence-corrected chi connectivity index (χ0v) is 20.5. The average Bonchev–Trinajstić information content (AvgIpc) is 3.08. The fourth-order valence-corrected chi connectivity index (χ4v) is 6.42. The van der Waals surface area contributed by atoms with E-state index in [-0.39, 0.29) is 17.1 Å². The SMILES string of the molecule is CN(C)C1(c2ccccc2)CCC2(CC1)CN(Cc1ccc(C#N)cc1)C(=O)N2CC1CCC1. The van der Waals surface area contributed by atoms with E-state index in [1.165, 1.54) is 24.8 Å². The predicted molar refractivity (Wildman–Crippen MR) is 134 cm³/mol. The van der Waals surface area contributed by atoms with E-state index in [4.69, 9.17) is 5.26 Å². The first-order valence-corrected chi connectivity index (χ1v) is 12.7. The Hall–Kier alpha value is -2.84. The molecule has 178 valence electrons. The molecular formula is C29H36N4O. The van der Waals surface area contributed by atoms with Crippen molar-refractivity contribution in [3.63, 3.8) is 0 Å². The van der Waals surface area contributed by atoms with Crippen LogP contribution in [0.3, 0.4) is 0 Å². The Morgan fingerprint density at radius 1 is 1.00 bits per heavy atom. The Morgan fingerprint density at radius 3 is 2.24 bits per heavy atom. The first kappa shape index (κ1) is 22.9. The van der Waals surface area contributed by atoms with Gasteiger partial charge in [-0.2, -0.15) is 5.26 Å². The number of nitriles is 1. The fraction of sp³-hybridized carbons (Fsp3) is 0.517. The molecule has 0 atom stereocenters. The number of hydrogen-bond acceptors (Lipinski definition) is 3. The summed E-state index contributed by atoms with van der Waals surface area (Å²) in [6, 6.07) is 21.0. The maximum absolute atomic E-state index is 13.7. The average molecular weight is 457 g/mol. The number of nitrogens with zero attached hydrogens (tertiary/aromatic N) is 4. The van der Waals surface area contributed by atoms with Gasteiger partial charge in [0.15, 0.2) is 0 Å². The molecule has 2 aliphatic carbocycles. The van der Waals surface area contributed by atoms with Crippen LogP contribution in [0.15, 0.2) is 54.6 Å². The van der Waals surface area contributed by atoms with Gasteiger partial charge in [-0.25, -0.2) is 4.79 Å². The number of carbonyl (C=O) groups excluding carboxylic acids is 1. The third-order valence-corrected chi connectivity index (χ3v) is 8.86. The van der Waals surface area contributed by atoms with E-state index in [1.807, 2.05) is 24.3 Å². The van der Waals surface area contributed by atoms with Crippen LogP contribution in [0.5, 0.6) is 0 Å². The Labute approximate surface area is 204 Å². The maximum atomic E-state index is 13.7. The molecule has 0 unspecified atom stereocenters. The molecule has 34 heavy (non-hydrogen) atoms. The molecule has 5 rings (SSSR count). The standard InChI is InChI=1S/C29H36N4O/c1-31(2)29(26-9-4-3-5-10-26)17-15-28(16-18-29)22-32(20-25-13-11-23(19-30)12-14-25)27(34)33(28)21-24-7-6-8-24/h3-5,9-14,24H,6-8,15-18,20-22H2,1-2H3. The zero-order valence-electron chi connectivity index (χ0n) is 20.5. The third-order valence-electron chi connectivity index (χ3n) is 8.86. The molecule has 3 fully saturated rings. The van der Waals surface area contributed by atoms with Gasteiger partial charge in [-0.05, 0) is 81.8 Å². The lowest BCUT2D eigenvalue weighted by atomic mass is 9.68. The van der Waals surface area contributed by atoms with Gasteiger partial charge in [0.2, 0.25) is 0 Å². The van der Waals surface area contributed by atoms with Crippen molar-refractivity contribution in [2.75, 3.05) is 27.2 Å². The van der Waals surface area contributed by atoms with Crippen LogP contribution in [0.1, 0.15) is 61.6 Å². The monoisotopic (exact) mass is 456 g/mol. The number of rotatable bonds is 6. The summed E-state index contributed by atoms with van der Waals surface area (Å²) < 4.78 is 0. The Morgan fingerprint density at radius 2 is 1.68 bits per heavy atom. The van der Waals surface area contributed by atoms with Crippen molar-refractivity contribution in [3.05, 3.63) is 71.3 Å². The topological polar surface area (TPSA) is 50.6 Å². The maximum Gasteiger partial charge on any atom is 0.320 e. The molecule has 5 nitrogen and oxygen atoms in total. The Balaban J connectivity index is 1.39. The van der Waals surface area contributed by atoms with Crippen molar-refractivity contribution in [2.24, 2.45) is 5.92 Å². The van der Waals surface area contributed by atoms with Gasteiger partial charge in [0.25, 0.3) is 0 Å². The van der Waals surface area contributed by atoms with Gasteiger partial charge < -0.3 is 9.80 Å². The first-order chi connectivity index (χ1) is 16.5. The number of amides is 2.